The van der Waals surface area contributed by atoms with Crippen LogP contribution in [0.3, 0.4) is 0 Å². The molecular formula is C33H31N3O2S2. The van der Waals surface area contributed by atoms with Gasteiger partial charge in [0.1, 0.15) is 16.3 Å². The van der Waals surface area contributed by atoms with Gasteiger partial charge in [-0.05, 0) is 49.1 Å². The number of rotatable bonds is 8. The molecule has 2 amide bonds. The summed E-state index contributed by atoms with van der Waals surface area (Å²) in [5, 5.41) is 18.0. The Labute approximate surface area is 243 Å². The van der Waals surface area contributed by atoms with E-state index in [1.165, 1.54) is 29.5 Å². The highest BCUT2D eigenvalue weighted by atomic mass is 32.2. The van der Waals surface area contributed by atoms with Crippen LogP contribution in [0.15, 0.2) is 89.1 Å². The third-order valence-corrected chi connectivity index (χ3v) is 9.32. The second-order valence-electron chi connectivity index (χ2n) is 10.1. The molecule has 2 N–H and O–H groups in total. The number of thiophene rings is 1. The minimum absolute atomic E-state index is 0.0674. The smallest absolute Gasteiger partial charge is 0.243 e. The van der Waals surface area contributed by atoms with Crippen LogP contribution in [0.4, 0.5) is 10.7 Å². The Morgan fingerprint density at radius 3 is 2.42 bits per heavy atom. The van der Waals surface area contributed by atoms with Crippen molar-refractivity contribution in [3.05, 3.63) is 101 Å². The molecule has 1 aromatic heterocycles. The summed E-state index contributed by atoms with van der Waals surface area (Å²) in [6.07, 6.45) is 5.29. The van der Waals surface area contributed by atoms with Crippen LogP contribution in [-0.2, 0) is 9.59 Å². The molecule has 1 aliphatic carbocycles. The van der Waals surface area contributed by atoms with Gasteiger partial charge in [0.15, 0.2) is 0 Å². The molecule has 3 aromatic carbocycles. The SMILES string of the molecule is Cc1ccc(-c2csc(NC(=O)C(Sc3cccc(NC(=O)C4CCCCC4)c3)c3ccccc3)c2C#N)cc1. The predicted octanol–water partition coefficient (Wildman–Crippen LogP) is 8.59. The average Bonchev–Trinajstić information content (AvgIpc) is 3.39. The number of hydrogen-bond donors (Lipinski definition) is 2. The van der Waals surface area contributed by atoms with Crippen molar-refractivity contribution >= 4 is 45.6 Å². The van der Waals surface area contributed by atoms with Crippen molar-refractivity contribution in [3.63, 3.8) is 0 Å². The molecule has 5 rings (SSSR count). The number of hydrogen-bond acceptors (Lipinski definition) is 5. The standard InChI is InChI=1S/C33H31N3O2S2/c1-22-15-17-23(18-16-22)29-21-39-33(28(29)20-34)36-32(38)30(24-9-4-2-5-10-24)40-27-14-8-13-26(19-27)35-31(37)25-11-6-3-7-12-25/h2,4-5,8-10,13-19,21,25,30H,3,6-7,11-12H2,1H3,(H,35,37)(H,36,38). The van der Waals surface area contributed by atoms with E-state index in [1.54, 1.807) is 0 Å². The maximum Gasteiger partial charge on any atom is 0.243 e. The van der Waals surface area contributed by atoms with Crippen LogP contribution >= 0.6 is 23.1 Å². The normalized spacial score (nSPS) is 14.2. The number of nitrogens with one attached hydrogen (secondary N) is 2. The van der Waals surface area contributed by atoms with Crippen LogP contribution < -0.4 is 10.6 Å². The molecule has 5 nitrogen and oxygen atoms in total. The molecule has 0 radical (unpaired) electrons. The lowest BCUT2D eigenvalue weighted by Gasteiger charge is -2.21. The summed E-state index contributed by atoms with van der Waals surface area (Å²) in [5.74, 6) is -0.0650. The van der Waals surface area contributed by atoms with Gasteiger partial charge in [-0.15, -0.1) is 23.1 Å². The second-order valence-corrected chi connectivity index (χ2v) is 12.1. The molecule has 0 bridgehead atoms. The van der Waals surface area contributed by atoms with Gasteiger partial charge >= 0.3 is 0 Å². The second kappa shape index (κ2) is 13.0. The summed E-state index contributed by atoms with van der Waals surface area (Å²) >= 11 is 2.78. The van der Waals surface area contributed by atoms with E-state index in [4.69, 9.17) is 0 Å². The minimum Gasteiger partial charge on any atom is -0.326 e. The van der Waals surface area contributed by atoms with Crippen molar-refractivity contribution < 1.29 is 9.59 Å². The van der Waals surface area contributed by atoms with Gasteiger partial charge < -0.3 is 10.6 Å². The van der Waals surface area contributed by atoms with Crippen molar-refractivity contribution in [2.75, 3.05) is 10.6 Å². The summed E-state index contributed by atoms with van der Waals surface area (Å²) in [6.45, 7) is 2.02. The number of anilines is 2. The molecule has 0 spiro atoms. The molecule has 1 unspecified atom stereocenters. The lowest BCUT2D eigenvalue weighted by Crippen LogP contribution is -2.24. The Morgan fingerprint density at radius 1 is 0.950 bits per heavy atom. The van der Waals surface area contributed by atoms with Crippen LogP contribution in [0.5, 0.6) is 0 Å². The molecule has 1 saturated carbocycles. The fourth-order valence-electron chi connectivity index (χ4n) is 4.98. The van der Waals surface area contributed by atoms with E-state index in [0.29, 0.717) is 10.6 Å². The van der Waals surface area contributed by atoms with Crippen LogP contribution in [0.25, 0.3) is 11.1 Å². The molecule has 1 fully saturated rings. The first kappa shape index (κ1) is 27.7. The van der Waals surface area contributed by atoms with E-state index < -0.39 is 5.25 Å². The van der Waals surface area contributed by atoms with E-state index in [9.17, 15) is 14.9 Å². The zero-order chi connectivity index (χ0) is 27.9. The van der Waals surface area contributed by atoms with Crippen molar-refractivity contribution in [3.8, 4) is 17.2 Å². The van der Waals surface area contributed by atoms with Crippen LogP contribution in [0.1, 0.15) is 54.0 Å². The maximum absolute atomic E-state index is 13.7. The van der Waals surface area contributed by atoms with Gasteiger partial charge in [-0.1, -0.05) is 85.5 Å². The molecule has 1 aliphatic rings. The third-order valence-electron chi connectivity index (χ3n) is 7.17. The molecule has 4 aromatic rings. The largest absolute Gasteiger partial charge is 0.326 e. The molecular weight excluding hydrogens is 535 g/mol. The highest BCUT2D eigenvalue weighted by Crippen LogP contribution is 2.40. The van der Waals surface area contributed by atoms with Crippen molar-refractivity contribution in [2.45, 2.75) is 49.2 Å². The number of benzene rings is 3. The van der Waals surface area contributed by atoms with Gasteiger partial charge in [0, 0.05) is 27.4 Å². The highest BCUT2D eigenvalue weighted by molar-refractivity contribution is 8.00. The third kappa shape index (κ3) is 6.64. The van der Waals surface area contributed by atoms with Gasteiger partial charge in [0.05, 0.1) is 5.56 Å². The Morgan fingerprint density at radius 2 is 1.70 bits per heavy atom. The first-order chi connectivity index (χ1) is 19.5. The minimum atomic E-state index is -0.554. The number of nitriles is 1. The van der Waals surface area contributed by atoms with Crippen molar-refractivity contribution in [1.29, 1.82) is 5.26 Å². The lowest BCUT2D eigenvalue weighted by molar-refractivity contribution is -0.120. The van der Waals surface area contributed by atoms with Gasteiger partial charge in [0.25, 0.3) is 0 Å². The Balaban J connectivity index is 1.36. The first-order valence-corrected chi connectivity index (χ1v) is 15.3. The zero-order valence-electron chi connectivity index (χ0n) is 22.4. The van der Waals surface area contributed by atoms with Crippen LogP contribution in [-0.4, -0.2) is 11.8 Å². The Bertz CT molecular complexity index is 1520. The average molecular weight is 566 g/mol. The van der Waals surface area contributed by atoms with E-state index in [0.717, 1.165) is 58.5 Å². The number of carbonyl (C=O) groups is 2. The first-order valence-electron chi connectivity index (χ1n) is 13.5. The summed E-state index contributed by atoms with van der Waals surface area (Å²) in [4.78, 5) is 27.4. The Hall–Kier alpha value is -3.86. The number of amides is 2. The molecule has 202 valence electrons. The van der Waals surface area contributed by atoms with E-state index in [1.807, 2.05) is 91.2 Å². The summed E-state index contributed by atoms with van der Waals surface area (Å²) < 4.78 is 0. The summed E-state index contributed by atoms with van der Waals surface area (Å²) in [6, 6.07) is 27.6. The quantitative estimate of drug-likeness (QED) is 0.210. The fourth-order valence-corrected chi connectivity index (χ4v) is 6.98. The van der Waals surface area contributed by atoms with E-state index in [2.05, 4.69) is 16.7 Å². The maximum atomic E-state index is 13.7. The van der Waals surface area contributed by atoms with Crippen LogP contribution in [0, 0.1) is 24.2 Å². The molecule has 40 heavy (non-hydrogen) atoms. The molecule has 0 saturated heterocycles. The number of aryl methyl sites for hydroxylation is 1. The van der Waals surface area contributed by atoms with Gasteiger partial charge in [-0.25, -0.2) is 0 Å². The molecule has 1 heterocycles. The Kier molecular flexibility index (Phi) is 9.00. The highest BCUT2D eigenvalue weighted by Gasteiger charge is 2.25. The number of nitrogens with zero attached hydrogens (tertiary/aromatic N) is 1. The fraction of sp³-hybridized carbons (Fsp3) is 0.242. The van der Waals surface area contributed by atoms with Gasteiger partial charge in [0.2, 0.25) is 11.8 Å². The van der Waals surface area contributed by atoms with Crippen molar-refractivity contribution in [2.24, 2.45) is 5.92 Å². The van der Waals surface area contributed by atoms with Gasteiger partial charge in [-0.3, -0.25) is 9.59 Å². The van der Waals surface area contributed by atoms with E-state index in [-0.39, 0.29) is 17.7 Å². The molecule has 7 heteroatoms. The molecule has 0 aliphatic heterocycles. The lowest BCUT2D eigenvalue weighted by atomic mass is 9.88. The summed E-state index contributed by atoms with van der Waals surface area (Å²) in [5.41, 5.74) is 4.96. The monoisotopic (exact) mass is 565 g/mol. The topological polar surface area (TPSA) is 82.0 Å². The predicted molar refractivity (Wildman–Crippen MR) is 165 cm³/mol. The van der Waals surface area contributed by atoms with Crippen molar-refractivity contribution in [1.82, 2.24) is 0 Å². The number of thioether (sulfide) groups is 1. The van der Waals surface area contributed by atoms with Crippen LogP contribution in [0.2, 0.25) is 0 Å². The van der Waals surface area contributed by atoms with E-state index >= 15 is 0 Å². The van der Waals surface area contributed by atoms with Gasteiger partial charge in [-0.2, -0.15) is 5.26 Å². The molecule has 1 atom stereocenters. The zero-order valence-corrected chi connectivity index (χ0v) is 24.0. The summed E-state index contributed by atoms with van der Waals surface area (Å²) in [7, 11) is 0. The number of carbonyl (C=O) groups excluding carboxylic acids is 2.